The van der Waals surface area contributed by atoms with Gasteiger partial charge in [0.2, 0.25) is 0 Å². The number of ether oxygens (including phenoxy) is 2. The molecule has 2 aromatic carbocycles. The van der Waals surface area contributed by atoms with Gasteiger partial charge < -0.3 is 27.7 Å². The standard InChI is InChI=1S/C22H28N2O4.Mg.2H/c1-2-27-21(22(25)26)16-17-8-10-18(11-9-17)23-12-5-13-24-14-15-28-20-7-4-3-6-19(20)24;;;/h3-4,6-11,21,23H,2,5,12-16H2,1H3,(H,25,26);;;/q;+2;2*-1. The van der Waals surface area contributed by atoms with Crippen molar-refractivity contribution in [3.05, 3.63) is 54.1 Å². The number of nitrogens with one attached hydrogen (secondary N) is 1. The molecule has 0 saturated carbocycles. The minimum atomic E-state index is -0.922. The number of para-hydroxylation sites is 2. The van der Waals surface area contributed by atoms with Gasteiger partial charge in [-0.1, -0.05) is 24.3 Å². The third-order valence-corrected chi connectivity index (χ3v) is 4.78. The van der Waals surface area contributed by atoms with Crippen molar-refractivity contribution < 1.29 is 22.2 Å². The van der Waals surface area contributed by atoms with Crippen molar-refractivity contribution in [2.24, 2.45) is 0 Å². The molecule has 0 aromatic heterocycles. The van der Waals surface area contributed by atoms with Crippen molar-refractivity contribution >= 4 is 40.4 Å². The number of carboxylic acids is 1. The van der Waals surface area contributed by atoms with Crippen molar-refractivity contribution in [3.63, 3.8) is 0 Å². The van der Waals surface area contributed by atoms with Gasteiger partial charge in [0.15, 0.2) is 6.10 Å². The van der Waals surface area contributed by atoms with Crippen LogP contribution < -0.4 is 15.0 Å². The van der Waals surface area contributed by atoms with E-state index >= 15 is 0 Å². The molecule has 29 heavy (non-hydrogen) atoms. The molecular formula is C22H30MgN2O4. The van der Waals surface area contributed by atoms with E-state index in [1.807, 2.05) is 42.5 Å². The monoisotopic (exact) mass is 410 g/mol. The number of aliphatic carboxylic acids is 1. The first-order valence-electron chi connectivity index (χ1n) is 9.81. The fourth-order valence-corrected chi connectivity index (χ4v) is 3.35. The summed E-state index contributed by atoms with van der Waals surface area (Å²) >= 11 is 0. The first-order chi connectivity index (χ1) is 13.7. The molecule has 1 aliphatic heterocycles. The summed E-state index contributed by atoms with van der Waals surface area (Å²) in [6, 6.07) is 16.1. The zero-order valence-corrected chi connectivity index (χ0v) is 18.4. The second-order valence-electron chi connectivity index (χ2n) is 6.77. The summed E-state index contributed by atoms with van der Waals surface area (Å²) in [5.41, 5.74) is 3.16. The minimum absolute atomic E-state index is 0. The van der Waals surface area contributed by atoms with Crippen LogP contribution in [0.2, 0.25) is 0 Å². The molecule has 0 radical (unpaired) electrons. The predicted octanol–water partition coefficient (Wildman–Crippen LogP) is 3.26. The van der Waals surface area contributed by atoms with Gasteiger partial charge in [-0.2, -0.15) is 0 Å². The van der Waals surface area contributed by atoms with Gasteiger partial charge in [0.25, 0.3) is 0 Å². The molecule has 0 saturated heterocycles. The van der Waals surface area contributed by atoms with Crippen molar-refractivity contribution in [2.75, 3.05) is 43.1 Å². The average molecular weight is 411 g/mol. The van der Waals surface area contributed by atoms with E-state index in [9.17, 15) is 9.90 Å². The van der Waals surface area contributed by atoms with Gasteiger partial charge in [0.05, 0.1) is 12.2 Å². The number of carbonyl (C=O) groups is 1. The number of nitrogens with zero attached hydrogens (tertiary/aromatic N) is 1. The maximum atomic E-state index is 11.2. The summed E-state index contributed by atoms with van der Waals surface area (Å²) in [6.07, 6.45) is 0.599. The summed E-state index contributed by atoms with van der Waals surface area (Å²) < 4.78 is 11.0. The van der Waals surface area contributed by atoms with E-state index in [1.54, 1.807) is 6.92 Å². The molecule has 2 aromatic rings. The fraction of sp³-hybridized carbons (Fsp3) is 0.409. The molecule has 7 heteroatoms. The van der Waals surface area contributed by atoms with Crippen LogP contribution in [0.4, 0.5) is 11.4 Å². The Balaban J connectivity index is 0.00000300. The third kappa shape index (κ3) is 6.80. The van der Waals surface area contributed by atoms with Gasteiger partial charge in [-0.05, 0) is 43.2 Å². The first kappa shape index (κ1) is 23.3. The molecule has 3 rings (SSSR count). The van der Waals surface area contributed by atoms with Crippen LogP contribution in [0.1, 0.15) is 21.8 Å². The van der Waals surface area contributed by atoms with Crippen LogP contribution in [0.5, 0.6) is 5.75 Å². The average Bonchev–Trinajstić information content (AvgIpc) is 2.72. The van der Waals surface area contributed by atoms with E-state index in [-0.39, 0.29) is 25.9 Å². The van der Waals surface area contributed by atoms with E-state index in [2.05, 4.69) is 16.3 Å². The Bertz CT molecular complexity index is 780. The number of fused-ring (bicyclic) bond motifs is 1. The molecule has 1 aliphatic rings. The Morgan fingerprint density at radius 3 is 2.76 bits per heavy atom. The first-order valence-corrected chi connectivity index (χ1v) is 9.81. The Morgan fingerprint density at radius 2 is 2.03 bits per heavy atom. The summed E-state index contributed by atoms with van der Waals surface area (Å²) in [6.45, 7) is 5.68. The molecule has 2 N–H and O–H groups in total. The zero-order valence-electron chi connectivity index (χ0n) is 19.0. The fourth-order valence-electron chi connectivity index (χ4n) is 3.35. The van der Waals surface area contributed by atoms with Gasteiger partial charge in [-0.3, -0.25) is 0 Å². The zero-order chi connectivity index (χ0) is 19.8. The molecule has 154 valence electrons. The largest absolute Gasteiger partial charge is 2.00 e. The summed E-state index contributed by atoms with van der Waals surface area (Å²) in [4.78, 5) is 13.6. The summed E-state index contributed by atoms with van der Waals surface area (Å²) in [5.74, 6) is 0.0396. The second-order valence-corrected chi connectivity index (χ2v) is 6.77. The Morgan fingerprint density at radius 1 is 1.28 bits per heavy atom. The van der Waals surface area contributed by atoms with E-state index in [4.69, 9.17) is 9.47 Å². The number of hydrogen-bond donors (Lipinski definition) is 2. The van der Waals surface area contributed by atoms with Crippen LogP contribution in [0.15, 0.2) is 48.5 Å². The normalized spacial score (nSPS) is 13.6. The van der Waals surface area contributed by atoms with E-state index < -0.39 is 12.1 Å². The molecule has 1 heterocycles. The minimum Gasteiger partial charge on any atom is -1.00 e. The number of carboxylic acid groups (broad SMARTS) is 1. The molecule has 0 bridgehead atoms. The van der Waals surface area contributed by atoms with Crippen molar-refractivity contribution in [1.82, 2.24) is 0 Å². The van der Waals surface area contributed by atoms with Gasteiger partial charge in [-0.15, -0.1) is 0 Å². The molecule has 0 fully saturated rings. The van der Waals surface area contributed by atoms with Crippen molar-refractivity contribution in [2.45, 2.75) is 25.9 Å². The van der Waals surface area contributed by atoms with Crippen LogP contribution in [0.3, 0.4) is 0 Å². The van der Waals surface area contributed by atoms with Crippen LogP contribution in [-0.2, 0) is 16.0 Å². The van der Waals surface area contributed by atoms with E-state index in [0.29, 0.717) is 13.0 Å². The van der Waals surface area contributed by atoms with Crippen LogP contribution in [0.25, 0.3) is 0 Å². The topological polar surface area (TPSA) is 71.0 Å². The molecule has 1 atom stereocenters. The number of rotatable bonds is 10. The smallest absolute Gasteiger partial charge is 1.00 e. The Labute approximate surface area is 191 Å². The van der Waals surface area contributed by atoms with Gasteiger partial charge >= 0.3 is 29.0 Å². The molecule has 1 unspecified atom stereocenters. The second kappa shape index (κ2) is 11.9. The molecule has 6 nitrogen and oxygen atoms in total. The van der Waals surface area contributed by atoms with Gasteiger partial charge in [0.1, 0.15) is 12.4 Å². The number of benzene rings is 2. The van der Waals surface area contributed by atoms with Crippen LogP contribution in [-0.4, -0.2) is 73.1 Å². The number of hydrogen-bond acceptors (Lipinski definition) is 5. The van der Waals surface area contributed by atoms with Crippen molar-refractivity contribution in [1.29, 1.82) is 0 Å². The molecule has 0 spiro atoms. The predicted molar refractivity (Wildman–Crippen MR) is 118 cm³/mol. The molecule has 0 aliphatic carbocycles. The molecule has 0 amide bonds. The number of anilines is 2. The molecular weight excluding hydrogens is 381 g/mol. The van der Waals surface area contributed by atoms with Crippen LogP contribution >= 0.6 is 0 Å². The quantitative estimate of drug-likeness (QED) is 0.463. The SMILES string of the molecule is CCOC(Cc1ccc(NCCCN2CCOc3ccccc32)cc1)C(=O)O.[H-].[H-].[Mg+2]. The maximum absolute atomic E-state index is 11.2. The Kier molecular flexibility index (Phi) is 9.57. The maximum Gasteiger partial charge on any atom is 2.00 e. The van der Waals surface area contributed by atoms with E-state index in [1.165, 1.54) is 5.69 Å². The van der Waals surface area contributed by atoms with Crippen molar-refractivity contribution in [3.8, 4) is 5.75 Å². The summed E-state index contributed by atoms with van der Waals surface area (Å²) in [5, 5.41) is 12.6. The van der Waals surface area contributed by atoms with Crippen LogP contribution in [0, 0.1) is 0 Å². The van der Waals surface area contributed by atoms with Gasteiger partial charge in [0, 0.05) is 31.8 Å². The van der Waals surface area contributed by atoms with E-state index in [0.717, 1.165) is 49.7 Å². The Hall–Kier alpha value is -1.96. The van der Waals surface area contributed by atoms with Gasteiger partial charge in [-0.25, -0.2) is 4.79 Å². The third-order valence-electron chi connectivity index (χ3n) is 4.78. The summed E-state index contributed by atoms with van der Waals surface area (Å²) in [7, 11) is 0.